The second-order valence-corrected chi connectivity index (χ2v) is 11.5. The summed E-state index contributed by atoms with van der Waals surface area (Å²) in [5.41, 5.74) is 8.30. The molecule has 41 heavy (non-hydrogen) atoms. The highest BCUT2D eigenvalue weighted by molar-refractivity contribution is 6.12. The number of aromatic nitrogens is 2. The van der Waals surface area contributed by atoms with Gasteiger partial charge in [0, 0.05) is 43.7 Å². The predicted octanol–water partition coefficient (Wildman–Crippen LogP) is 7.66. The van der Waals surface area contributed by atoms with Crippen LogP contribution in [0.15, 0.2) is 64.3 Å². The number of likely N-dealkylation sites (tertiary alicyclic amines) is 1. The highest BCUT2D eigenvalue weighted by atomic mass is 19.1. The molecule has 6 nitrogen and oxygen atoms in total. The van der Waals surface area contributed by atoms with E-state index in [9.17, 15) is 4.39 Å². The molecule has 1 atom stereocenters. The lowest BCUT2D eigenvalue weighted by atomic mass is 9.93. The van der Waals surface area contributed by atoms with Gasteiger partial charge in [0.25, 0.3) is 0 Å². The van der Waals surface area contributed by atoms with Crippen LogP contribution >= 0.6 is 0 Å². The fourth-order valence-corrected chi connectivity index (χ4v) is 5.71. The van der Waals surface area contributed by atoms with E-state index in [4.69, 9.17) is 14.8 Å². The Labute approximate surface area is 246 Å². The Bertz CT molecular complexity index is 1310. The standard InChI is InChI=1S/C34H48FN5O/c1-8-23(3)26(6)34(37-31-13-11-10-12-24(31)4)32-20-25(5)40(38-32)33(36-28-14-16-30(41-7)17-15-28)21-29(9-2)39-19-18-27(35)22-39/h9-13,20-21,27-28,30,36H,8,14-19,22H2,1-7H3/b26-23+,29-9-,33-21-,37-34?. The van der Waals surface area contributed by atoms with E-state index < -0.39 is 6.17 Å². The summed E-state index contributed by atoms with van der Waals surface area (Å²) in [6.07, 6.45) is 9.40. The smallest absolute Gasteiger partial charge is 0.130 e. The van der Waals surface area contributed by atoms with Gasteiger partial charge in [-0.2, -0.15) is 5.10 Å². The summed E-state index contributed by atoms with van der Waals surface area (Å²) < 4.78 is 21.8. The molecule has 222 valence electrons. The number of methoxy groups -OCH3 is 1. The molecule has 4 rings (SSSR count). The number of aliphatic imine (C=N–C) groups is 1. The molecule has 2 heterocycles. The number of nitrogens with one attached hydrogen (secondary N) is 1. The Hall–Kier alpha value is -3.19. The SMILES string of the molecule is C/C=C(/C=C(/NC1CCC(OC)CC1)n1nc(C(=Nc2ccccc2C)/C(C)=C(\C)CC)cc1C)N1CCC(F)C1. The molecule has 1 aromatic heterocycles. The number of nitrogens with zero attached hydrogens (tertiary/aromatic N) is 4. The Kier molecular flexibility index (Phi) is 10.6. The van der Waals surface area contributed by atoms with Crippen molar-refractivity contribution in [3.05, 3.63) is 76.3 Å². The maximum absolute atomic E-state index is 14.2. The predicted molar refractivity (Wildman–Crippen MR) is 168 cm³/mol. The number of hydrogen-bond donors (Lipinski definition) is 1. The largest absolute Gasteiger partial charge is 0.381 e. The molecule has 2 aliphatic rings. The van der Waals surface area contributed by atoms with Crippen LogP contribution in [0.2, 0.25) is 0 Å². The summed E-state index contributed by atoms with van der Waals surface area (Å²) >= 11 is 0. The molecule has 1 aromatic carbocycles. The lowest BCUT2D eigenvalue weighted by Crippen LogP contribution is -2.36. The van der Waals surface area contributed by atoms with Crippen LogP contribution in [0.1, 0.15) is 83.2 Å². The number of allylic oxidation sites excluding steroid dienone is 4. The highest BCUT2D eigenvalue weighted by Crippen LogP contribution is 2.27. The first kappa shape index (κ1) is 30.8. The van der Waals surface area contributed by atoms with Gasteiger partial charge in [-0.05, 0) is 96.4 Å². The summed E-state index contributed by atoms with van der Waals surface area (Å²) in [6, 6.07) is 10.7. The molecule has 1 unspecified atom stereocenters. The number of rotatable bonds is 10. The van der Waals surface area contributed by atoms with E-state index in [0.717, 1.165) is 84.1 Å². The zero-order valence-corrected chi connectivity index (χ0v) is 26.0. The van der Waals surface area contributed by atoms with Gasteiger partial charge in [0.2, 0.25) is 0 Å². The van der Waals surface area contributed by atoms with Crippen LogP contribution in [0.5, 0.6) is 0 Å². The molecule has 0 radical (unpaired) electrons. The molecule has 2 aromatic rings. The summed E-state index contributed by atoms with van der Waals surface area (Å²) in [6.45, 7) is 13.8. The van der Waals surface area contributed by atoms with Crippen molar-refractivity contribution in [1.82, 2.24) is 20.0 Å². The van der Waals surface area contributed by atoms with Gasteiger partial charge >= 0.3 is 0 Å². The molecule has 1 saturated heterocycles. The molecule has 1 aliphatic carbocycles. The highest BCUT2D eigenvalue weighted by Gasteiger charge is 2.26. The molecular formula is C34H48FN5O. The average molecular weight is 562 g/mol. The van der Waals surface area contributed by atoms with Gasteiger partial charge in [0.05, 0.1) is 17.5 Å². The first-order chi connectivity index (χ1) is 19.7. The van der Waals surface area contributed by atoms with Crippen molar-refractivity contribution < 1.29 is 9.13 Å². The minimum absolute atomic E-state index is 0.314. The number of benzene rings is 1. The fraction of sp³-hybridized carbons (Fsp3) is 0.529. The third-order valence-electron chi connectivity index (χ3n) is 8.67. The Morgan fingerprint density at radius 1 is 1.15 bits per heavy atom. The Balaban J connectivity index is 1.77. The summed E-state index contributed by atoms with van der Waals surface area (Å²) in [5, 5.41) is 9.00. The van der Waals surface area contributed by atoms with E-state index in [2.05, 4.69) is 75.2 Å². The van der Waals surface area contributed by atoms with Crippen molar-refractivity contribution in [1.29, 1.82) is 0 Å². The third kappa shape index (κ3) is 7.56. The number of para-hydroxylation sites is 1. The quantitative estimate of drug-likeness (QED) is 0.239. The lowest BCUT2D eigenvalue weighted by molar-refractivity contribution is 0.0641. The molecular weight excluding hydrogens is 513 g/mol. The second-order valence-electron chi connectivity index (χ2n) is 11.5. The summed E-state index contributed by atoms with van der Waals surface area (Å²) in [7, 11) is 1.80. The molecule has 7 heteroatoms. The van der Waals surface area contributed by atoms with Crippen molar-refractivity contribution in [2.45, 2.75) is 98.4 Å². The zero-order chi connectivity index (χ0) is 29.5. The fourth-order valence-electron chi connectivity index (χ4n) is 5.71. The normalized spacial score (nSPS) is 23.2. The number of alkyl halides is 1. The van der Waals surface area contributed by atoms with Crippen LogP contribution in [0.4, 0.5) is 10.1 Å². The van der Waals surface area contributed by atoms with Gasteiger partial charge in [-0.25, -0.2) is 14.1 Å². The molecule has 0 amide bonds. The van der Waals surface area contributed by atoms with Crippen LogP contribution in [0.3, 0.4) is 0 Å². The maximum Gasteiger partial charge on any atom is 0.130 e. The van der Waals surface area contributed by atoms with E-state index in [1.165, 1.54) is 5.57 Å². The number of aryl methyl sites for hydroxylation is 2. The van der Waals surface area contributed by atoms with E-state index in [1.54, 1.807) is 7.11 Å². The van der Waals surface area contributed by atoms with Crippen molar-refractivity contribution in [3.63, 3.8) is 0 Å². The molecule has 1 saturated carbocycles. The van der Waals surface area contributed by atoms with Gasteiger partial charge in [-0.3, -0.25) is 0 Å². The molecule has 0 bridgehead atoms. The van der Waals surface area contributed by atoms with E-state index >= 15 is 0 Å². The van der Waals surface area contributed by atoms with Crippen LogP contribution in [0, 0.1) is 13.8 Å². The zero-order valence-electron chi connectivity index (χ0n) is 26.0. The van der Waals surface area contributed by atoms with Gasteiger partial charge < -0.3 is 15.0 Å². The topological polar surface area (TPSA) is 54.7 Å². The lowest BCUT2D eigenvalue weighted by Gasteiger charge is -2.30. The molecule has 0 spiro atoms. The van der Waals surface area contributed by atoms with Crippen molar-refractivity contribution in [3.8, 4) is 0 Å². The average Bonchev–Trinajstić information content (AvgIpc) is 3.59. The monoisotopic (exact) mass is 561 g/mol. The Morgan fingerprint density at radius 2 is 1.88 bits per heavy atom. The second kappa shape index (κ2) is 14.1. The van der Waals surface area contributed by atoms with Crippen LogP contribution < -0.4 is 5.32 Å². The number of ether oxygens (including phenoxy) is 1. The van der Waals surface area contributed by atoms with E-state index in [-0.39, 0.29) is 0 Å². The van der Waals surface area contributed by atoms with E-state index in [0.29, 0.717) is 25.1 Å². The molecule has 2 fully saturated rings. The summed E-state index contributed by atoms with van der Waals surface area (Å²) in [4.78, 5) is 7.30. The van der Waals surface area contributed by atoms with Crippen molar-refractivity contribution in [2.24, 2.45) is 4.99 Å². The van der Waals surface area contributed by atoms with Gasteiger partial charge in [0.1, 0.15) is 17.7 Å². The minimum atomic E-state index is -0.783. The van der Waals surface area contributed by atoms with Crippen LogP contribution in [-0.2, 0) is 4.74 Å². The van der Waals surface area contributed by atoms with Crippen LogP contribution in [0.25, 0.3) is 5.82 Å². The first-order valence-electron chi connectivity index (χ1n) is 15.2. The number of halogens is 1. The maximum atomic E-state index is 14.2. The number of hydrogen-bond acceptors (Lipinski definition) is 5. The van der Waals surface area contributed by atoms with Gasteiger partial charge in [-0.15, -0.1) is 0 Å². The molecule has 1 N–H and O–H groups in total. The molecule has 1 aliphatic heterocycles. The van der Waals surface area contributed by atoms with Crippen molar-refractivity contribution >= 4 is 17.2 Å². The summed E-state index contributed by atoms with van der Waals surface area (Å²) in [5.74, 6) is 0.911. The van der Waals surface area contributed by atoms with Crippen LogP contribution in [-0.4, -0.2) is 58.9 Å². The first-order valence-corrected chi connectivity index (χ1v) is 15.2. The Morgan fingerprint density at radius 3 is 2.49 bits per heavy atom. The van der Waals surface area contributed by atoms with Gasteiger partial charge in [0.15, 0.2) is 0 Å². The third-order valence-corrected chi connectivity index (χ3v) is 8.67. The minimum Gasteiger partial charge on any atom is -0.381 e. The van der Waals surface area contributed by atoms with Crippen molar-refractivity contribution in [2.75, 3.05) is 20.2 Å². The van der Waals surface area contributed by atoms with E-state index in [1.807, 2.05) is 23.7 Å². The van der Waals surface area contributed by atoms with Gasteiger partial charge in [-0.1, -0.05) is 36.8 Å².